The number of hydrogen-bond acceptors (Lipinski definition) is 4. The molecule has 1 aromatic rings. The minimum absolute atomic E-state index is 0.149. The van der Waals surface area contributed by atoms with E-state index in [2.05, 4.69) is 10.7 Å². The lowest BCUT2D eigenvalue weighted by Crippen LogP contribution is -2.39. The molecule has 2 atom stereocenters. The topological polar surface area (TPSA) is 58.6 Å². The molecule has 2 aliphatic rings. The molecule has 1 fully saturated rings. The molecule has 17 heavy (non-hydrogen) atoms. The predicted molar refractivity (Wildman–Crippen MR) is 64.2 cm³/mol. The first kappa shape index (κ1) is 11.2. The third-order valence-corrected chi connectivity index (χ3v) is 4.71. The fourth-order valence-corrected chi connectivity index (χ4v) is 3.83. The maximum absolute atomic E-state index is 11.3. The first-order chi connectivity index (χ1) is 8.27. The van der Waals surface area contributed by atoms with E-state index in [-0.39, 0.29) is 11.8 Å². The fourth-order valence-electron chi connectivity index (χ4n) is 2.77. The van der Waals surface area contributed by atoms with Gasteiger partial charge in [0.1, 0.15) is 0 Å². The maximum atomic E-state index is 11.3. The Bertz CT molecular complexity index is 443. The lowest BCUT2D eigenvalue weighted by Gasteiger charge is -2.29. The van der Waals surface area contributed by atoms with Gasteiger partial charge in [0.2, 0.25) is 0 Å². The van der Waals surface area contributed by atoms with Crippen LogP contribution in [0.5, 0.6) is 0 Å². The molecule has 0 saturated carbocycles. The molecule has 2 unspecified atom stereocenters. The molecular formula is C12H15NO3S. The van der Waals surface area contributed by atoms with Crippen molar-refractivity contribution in [1.82, 2.24) is 5.32 Å². The summed E-state index contributed by atoms with van der Waals surface area (Å²) in [5.74, 6) is -0.848. The molecule has 0 radical (unpaired) electrons. The number of carboxylic acid groups (broad SMARTS) is 1. The fraction of sp³-hybridized carbons (Fsp3) is 0.583. The van der Waals surface area contributed by atoms with Gasteiger partial charge in [0.25, 0.3) is 0 Å². The molecule has 92 valence electrons. The van der Waals surface area contributed by atoms with E-state index in [0.29, 0.717) is 19.8 Å². The third-order valence-electron chi connectivity index (χ3n) is 3.69. The van der Waals surface area contributed by atoms with Crippen LogP contribution in [0.1, 0.15) is 28.3 Å². The van der Waals surface area contributed by atoms with Crippen molar-refractivity contribution in [3.8, 4) is 0 Å². The monoisotopic (exact) mass is 253 g/mol. The Kier molecular flexibility index (Phi) is 2.90. The van der Waals surface area contributed by atoms with Gasteiger partial charge in [0, 0.05) is 17.3 Å². The largest absolute Gasteiger partial charge is 0.481 e. The number of thiophene rings is 1. The molecular weight excluding hydrogens is 238 g/mol. The number of fused-ring (bicyclic) bond motifs is 1. The van der Waals surface area contributed by atoms with Crippen LogP contribution in [0.2, 0.25) is 0 Å². The molecule has 2 N–H and O–H groups in total. The molecule has 5 heteroatoms. The SMILES string of the molecule is O=C(O)C1CNCCC1c1csc2c1COC2. The van der Waals surface area contributed by atoms with Crippen molar-refractivity contribution < 1.29 is 14.6 Å². The van der Waals surface area contributed by atoms with E-state index in [1.807, 2.05) is 0 Å². The first-order valence-electron chi connectivity index (χ1n) is 5.87. The number of ether oxygens (including phenoxy) is 1. The lowest BCUT2D eigenvalue weighted by atomic mass is 9.80. The van der Waals surface area contributed by atoms with Crippen LogP contribution < -0.4 is 5.32 Å². The molecule has 0 aromatic carbocycles. The summed E-state index contributed by atoms with van der Waals surface area (Å²) in [7, 11) is 0. The van der Waals surface area contributed by atoms with Crippen LogP contribution in [0.4, 0.5) is 0 Å². The van der Waals surface area contributed by atoms with Crippen LogP contribution in [0.25, 0.3) is 0 Å². The highest BCUT2D eigenvalue weighted by molar-refractivity contribution is 7.10. The van der Waals surface area contributed by atoms with Crippen LogP contribution in [-0.4, -0.2) is 24.2 Å². The summed E-state index contributed by atoms with van der Waals surface area (Å²) in [4.78, 5) is 12.6. The van der Waals surface area contributed by atoms with Gasteiger partial charge < -0.3 is 15.2 Å². The number of aliphatic carboxylic acids is 1. The van der Waals surface area contributed by atoms with Crippen molar-refractivity contribution in [2.45, 2.75) is 25.6 Å². The maximum Gasteiger partial charge on any atom is 0.308 e. The predicted octanol–water partition coefficient (Wildman–Crippen LogP) is 1.56. The van der Waals surface area contributed by atoms with Crippen molar-refractivity contribution >= 4 is 17.3 Å². The van der Waals surface area contributed by atoms with Crippen molar-refractivity contribution in [2.75, 3.05) is 13.1 Å². The summed E-state index contributed by atoms with van der Waals surface area (Å²) in [5.41, 5.74) is 2.48. The highest BCUT2D eigenvalue weighted by atomic mass is 32.1. The molecule has 0 amide bonds. The Hall–Kier alpha value is -0.910. The normalized spacial score (nSPS) is 28.0. The second-order valence-electron chi connectivity index (χ2n) is 4.63. The smallest absolute Gasteiger partial charge is 0.308 e. The summed E-state index contributed by atoms with van der Waals surface area (Å²) < 4.78 is 5.43. The van der Waals surface area contributed by atoms with E-state index in [1.165, 1.54) is 16.0 Å². The van der Waals surface area contributed by atoms with E-state index >= 15 is 0 Å². The zero-order valence-corrected chi connectivity index (χ0v) is 10.3. The van der Waals surface area contributed by atoms with Crippen LogP contribution in [0.15, 0.2) is 5.38 Å². The van der Waals surface area contributed by atoms with Gasteiger partial charge in [-0.25, -0.2) is 0 Å². The van der Waals surface area contributed by atoms with Crippen molar-refractivity contribution in [3.63, 3.8) is 0 Å². The quantitative estimate of drug-likeness (QED) is 0.839. The molecule has 1 aromatic heterocycles. The number of piperidine rings is 1. The summed E-state index contributed by atoms with van der Waals surface area (Å²) >= 11 is 1.71. The Balaban J connectivity index is 1.93. The summed E-state index contributed by atoms with van der Waals surface area (Å²) in [6.07, 6.45) is 0.903. The molecule has 2 aliphatic heterocycles. The number of rotatable bonds is 2. The second kappa shape index (κ2) is 4.40. The standard InChI is InChI=1S/C12H15NO3S/c14-12(15)8-3-13-2-1-7(8)10-6-17-11-5-16-4-9(10)11/h6-8,13H,1-5H2,(H,14,15). The Morgan fingerprint density at radius 1 is 1.53 bits per heavy atom. The lowest BCUT2D eigenvalue weighted by molar-refractivity contribution is -0.142. The van der Waals surface area contributed by atoms with Crippen LogP contribution in [0.3, 0.4) is 0 Å². The first-order valence-corrected chi connectivity index (χ1v) is 6.75. The Morgan fingerprint density at radius 3 is 3.24 bits per heavy atom. The van der Waals surface area contributed by atoms with E-state index in [1.54, 1.807) is 11.3 Å². The van der Waals surface area contributed by atoms with Gasteiger partial charge in [-0.3, -0.25) is 4.79 Å². The highest BCUT2D eigenvalue weighted by Crippen LogP contribution is 2.39. The number of nitrogens with one attached hydrogen (secondary N) is 1. The molecule has 0 aliphatic carbocycles. The minimum Gasteiger partial charge on any atom is -0.481 e. The van der Waals surface area contributed by atoms with Crippen molar-refractivity contribution in [2.24, 2.45) is 5.92 Å². The van der Waals surface area contributed by atoms with Crippen LogP contribution in [-0.2, 0) is 22.7 Å². The van der Waals surface area contributed by atoms with Gasteiger partial charge in [-0.1, -0.05) is 0 Å². The van der Waals surface area contributed by atoms with E-state index in [4.69, 9.17) is 4.74 Å². The molecule has 0 bridgehead atoms. The number of carbonyl (C=O) groups is 1. The zero-order chi connectivity index (χ0) is 11.8. The third kappa shape index (κ3) is 1.88. The average molecular weight is 253 g/mol. The highest BCUT2D eigenvalue weighted by Gasteiger charge is 2.35. The summed E-state index contributed by atoms with van der Waals surface area (Å²) in [6, 6.07) is 0. The van der Waals surface area contributed by atoms with Crippen molar-refractivity contribution in [3.05, 3.63) is 21.4 Å². The van der Waals surface area contributed by atoms with Crippen LogP contribution in [0, 0.1) is 5.92 Å². The average Bonchev–Trinajstić information content (AvgIpc) is 2.90. The Morgan fingerprint density at radius 2 is 2.41 bits per heavy atom. The van der Waals surface area contributed by atoms with Gasteiger partial charge in [-0.15, -0.1) is 11.3 Å². The zero-order valence-electron chi connectivity index (χ0n) is 9.44. The molecule has 3 rings (SSSR count). The number of carboxylic acids is 1. The van der Waals surface area contributed by atoms with Crippen LogP contribution >= 0.6 is 11.3 Å². The van der Waals surface area contributed by atoms with Gasteiger partial charge in [-0.05, 0) is 29.5 Å². The summed E-state index contributed by atoms with van der Waals surface area (Å²) in [6.45, 7) is 2.83. The summed E-state index contributed by atoms with van der Waals surface area (Å²) in [5, 5.41) is 14.6. The van der Waals surface area contributed by atoms with E-state index in [0.717, 1.165) is 13.0 Å². The van der Waals surface area contributed by atoms with Gasteiger partial charge in [0.15, 0.2) is 0 Å². The van der Waals surface area contributed by atoms with E-state index in [9.17, 15) is 9.90 Å². The molecule has 1 saturated heterocycles. The minimum atomic E-state index is -0.693. The van der Waals surface area contributed by atoms with Gasteiger partial charge >= 0.3 is 5.97 Å². The van der Waals surface area contributed by atoms with Gasteiger partial charge in [-0.2, -0.15) is 0 Å². The van der Waals surface area contributed by atoms with Gasteiger partial charge in [0.05, 0.1) is 19.1 Å². The molecule has 0 spiro atoms. The van der Waals surface area contributed by atoms with E-state index < -0.39 is 5.97 Å². The molecule has 4 nitrogen and oxygen atoms in total. The molecule has 3 heterocycles. The number of hydrogen-bond donors (Lipinski definition) is 2. The second-order valence-corrected chi connectivity index (χ2v) is 5.59. The Labute approximate surface area is 104 Å². The van der Waals surface area contributed by atoms with Crippen molar-refractivity contribution in [1.29, 1.82) is 0 Å².